The Bertz CT molecular complexity index is 664. The summed E-state index contributed by atoms with van der Waals surface area (Å²) < 4.78 is 27.2. The van der Waals surface area contributed by atoms with E-state index in [-0.39, 0.29) is 9.08 Å². The van der Waals surface area contributed by atoms with Crippen LogP contribution in [0, 0.1) is 6.92 Å². The highest BCUT2D eigenvalue weighted by molar-refractivity contribution is 7.91. The Balaban J connectivity index is 1.92. The van der Waals surface area contributed by atoms with Gasteiger partial charge < -0.3 is 4.98 Å². The molecule has 2 bridgehead atoms. The van der Waals surface area contributed by atoms with E-state index in [4.69, 9.17) is 0 Å². The number of thiazole rings is 1. The van der Waals surface area contributed by atoms with E-state index in [9.17, 15) is 13.2 Å². The molecule has 112 valence electrons. The average Bonchev–Trinajstić information content (AvgIpc) is 2.79. The van der Waals surface area contributed by atoms with Gasteiger partial charge in [0.25, 0.3) is 10.0 Å². The molecule has 3 rings (SSSR count). The van der Waals surface area contributed by atoms with Gasteiger partial charge in [-0.05, 0) is 33.2 Å². The van der Waals surface area contributed by atoms with Crippen molar-refractivity contribution in [3.8, 4) is 0 Å². The lowest BCUT2D eigenvalue weighted by molar-refractivity contribution is 0.246. The molecule has 20 heavy (non-hydrogen) atoms. The average molecular weight is 317 g/mol. The maximum absolute atomic E-state index is 12.7. The van der Waals surface area contributed by atoms with Crippen LogP contribution in [0.4, 0.5) is 0 Å². The van der Waals surface area contributed by atoms with Crippen molar-refractivity contribution < 1.29 is 8.42 Å². The molecule has 3 heterocycles. The zero-order valence-electron chi connectivity index (χ0n) is 11.6. The van der Waals surface area contributed by atoms with E-state index in [1.165, 1.54) is 0 Å². The summed E-state index contributed by atoms with van der Waals surface area (Å²) in [7, 11) is -1.47. The fourth-order valence-corrected chi connectivity index (χ4v) is 6.18. The van der Waals surface area contributed by atoms with Crippen molar-refractivity contribution in [3.05, 3.63) is 15.4 Å². The summed E-state index contributed by atoms with van der Waals surface area (Å²) in [5.74, 6) is 0. The van der Waals surface area contributed by atoms with E-state index in [0.717, 1.165) is 30.6 Å². The summed E-state index contributed by atoms with van der Waals surface area (Å²) in [5.41, 5.74) is 0.447. The molecule has 0 spiro atoms. The van der Waals surface area contributed by atoms with Gasteiger partial charge in [0.05, 0.1) is 0 Å². The largest absolute Gasteiger partial charge is 0.315 e. The molecule has 0 aromatic carbocycles. The first-order chi connectivity index (χ1) is 9.39. The van der Waals surface area contributed by atoms with Gasteiger partial charge >= 0.3 is 4.87 Å². The second-order valence-electron chi connectivity index (χ2n) is 5.63. The molecule has 6 nitrogen and oxygen atoms in total. The van der Waals surface area contributed by atoms with Crippen LogP contribution >= 0.6 is 11.3 Å². The first-order valence-electron chi connectivity index (χ1n) is 6.81. The van der Waals surface area contributed by atoms with Crippen molar-refractivity contribution in [1.82, 2.24) is 14.2 Å². The van der Waals surface area contributed by atoms with Crippen LogP contribution in [-0.2, 0) is 10.0 Å². The molecule has 2 aliphatic rings. The predicted molar refractivity (Wildman–Crippen MR) is 77.6 cm³/mol. The third kappa shape index (κ3) is 2.24. The molecule has 0 amide bonds. The van der Waals surface area contributed by atoms with E-state index >= 15 is 0 Å². The van der Waals surface area contributed by atoms with Crippen molar-refractivity contribution in [2.24, 2.45) is 0 Å². The number of likely N-dealkylation sites (N-methyl/N-ethyl adjacent to an activating group) is 1. The van der Waals surface area contributed by atoms with Crippen LogP contribution in [0.15, 0.2) is 9.00 Å². The quantitative estimate of drug-likeness (QED) is 0.867. The summed E-state index contributed by atoms with van der Waals surface area (Å²) in [4.78, 5) is 15.9. The minimum absolute atomic E-state index is 0.169. The van der Waals surface area contributed by atoms with E-state index < -0.39 is 10.0 Å². The molecule has 8 heteroatoms. The number of H-pyrrole nitrogens is 1. The highest BCUT2D eigenvalue weighted by atomic mass is 32.2. The van der Waals surface area contributed by atoms with Crippen LogP contribution < -0.4 is 4.87 Å². The number of nitrogens with one attached hydrogen (secondary N) is 1. The lowest BCUT2D eigenvalue weighted by Gasteiger charge is -2.24. The molecule has 0 aliphatic carbocycles. The van der Waals surface area contributed by atoms with Gasteiger partial charge in [0.15, 0.2) is 4.21 Å². The van der Waals surface area contributed by atoms with Crippen LogP contribution in [0.25, 0.3) is 0 Å². The SMILES string of the molecule is Cc1[nH]c(=O)sc1S(=O)(=O)N1CCC2CCC(C1)N2C. The lowest BCUT2D eigenvalue weighted by atomic mass is 10.1. The van der Waals surface area contributed by atoms with Crippen LogP contribution in [-0.4, -0.2) is 54.8 Å². The monoisotopic (exact) mass is 317 g/mol. The molecule has 1 aromatic rings. The van der Waals surface area contributed by atoms with Gasteiger partial charge in [-0.15, -0.1) is 0 Å². The van der Waals surface area contributed by atoms with E-state index in [1.807, 2.05) is 0 Å². The van der Waals surface area contributed by atoms with Crippen LogP contribution in [0.3, 0.4) is 0 Å². The fourth-order valence-electron chi connectivity index (χ4n) is 3.25. The van der Waals surface area contributed by atoms with Crippen molar-refractivity contribution >= 4 is 21.4 Å². The molecule has 0 radical (unpaired) electrons. The Morgan fingerprint density at radius 3 is 2.60 bits per heavy atom. The lowest BCUT2D eigenvalue weighted by Crippen LogP contribution is -2.39. The molecular weight excluding hydrogens is 298 g/mol. The normalized spacial score (nSPS) is 28.7. The second kappa shape index (κ2) is 4.94. The molecule has 0 saturated carbocycles. The van der Waals surface area contributed by atoms with E-state index in [1.54, 1.807) is 11.2 Å². The Morgan fingerprint density at radius 1 is 1.25 bits per heavy atom. The first-order valence-corrected chi connectivity index (χ1v) is 9.07. The number of nitrogens with zero attached hydrogens (tertiary/aromatic N) is 2. The molecule has 2 saturated heterocycles. The standard InChI is InChI=1S/C12H19N3O3S2/c1-8-11(19-12(16)13-8)20(17,18)15-6-5-9-3-4-10(7-15)14(9)2/h9-10H,3-7H2,1-2H3,(H,13,16). The van der Waals surface area contributed by atoms with Gasteiger partial charge in [0.2, 0.25) is 0 Å². The third-order valence-electron chi connectivity index (χ3n) is 4.47. The van der Waals surface area contributed by atoms with E-state index in [2.05, 4.69) is 16.9 Å². The number of hydrogen-bond donors (Lipinski definition) is 1. The van der Waals surface area contributed by atoms with Gasteiger partial charge in [-0.25, -0.2) is 8.42 Å². The Labute approximate surface area is 122 Å². The van der Waals surface area contributed by atoms with Crippen molar-refractivity contribution in [3.63, 3.8) is 0 Å². The van der Waals surface area contributed by atoms with Crippen LogP contribution in [0.1, 0.15) is 25.0 Å². The number of hydrogen-bond acceptors (Lipinski definition) is 5. The van der Waals surface area contributed by atoms with Crippen molar-refractivity contribution in [1.29, 1.82) is 0 Å². The van der Waals surface area contributed by atoms with Crippen molar-refractivity contribution in [2.75, 3.05) is 20.1 Å². The van der Waals surface area contributed by atoms with Gasteiger partial charge in [-0.3, -0.25) is 9.69 Å². The number of rotatable bonds is 2. The van der Waals surface area contributed by atoms with Gasteiger partial charge in [0.1, 0.15) is 0 Å². The number of aromatic amines is 1. The van der Waals surface area contributed by atoms with E-state index in [0.29, 0.717) is 30.9 Å². The molecular formula is C12H19N3O3S2. The smallest absolute Gasteiger partial charge is 0.305 e. The third-order valence-corrected chi connectivity index (χ3v) is 7.91. The molecule has 2 fully saturated rings. The zero-order valence-corrected chi connectivity index (χ0v) is 13.3. The summed E-state index contributed by atoms with van der Waals surface area (Å²) in [6.45, 7) is 2.71. The topological polar surface area (TPSA) is 73.5 Å². The van der Waals surface area contributed by atoms with Crippen molar-refractivity contribution in [2.45, 2.75) is 42.5 Å². The molecule has 2 unspecified atom stereocenters. The molecule has 2 atom stereocenters. The second-order valence-corrected chi connectivity index (χ2v) is 8.75. The maximum Gasteiger partial charge on any atom is 0.305 e. The molecule has 1 N–H and O–H groups in total. The minimum Gasteiger partial charge on any atom is -0.315 e. The number of aromatic nitrogens is 1. The summed E-state index contributed by atoms with van der Waals surface area (Å²) >= 11 is 0.788. The fraction of sp³-hybridized carbons (Fsp3) is 0.750. The maximum atomic E-state index is 12.7. The summed E-state index contributed by atoms with van der Waals surface area (Å²) in [6, 6.07) is 0.791. The highest BCUT2D eigenvalue weighted by Gasteiger charge is 2.39. The highest BCUT2D eigenvalue weighted by Crippen LogP contribution is 2.31. The number of aryl methyl sites for hydroxylation is 1. The zero-order chi connectivity index (χ0) is 14.5. The first kappa shape index (κ1) is 14.2. The van der Waals surface area contributed by atoms with Gasteiger partial charge in [0, 0.05) is 30.9 Å². The number of sulfonamides is 1. The number of fused-ring (bicyclic) bond motifs is 2. The van der Waals surface area contributed by atoms with Crippen LogP contribution in [0.2, 0.25) is 0 Å². The summed E-state index contributed by atoms with van der Waals surface area (Å²) in [5, 5.41) is 0. The van der Waals surface area contributed by atoms with Gasteiger partial charge in [-0.2, -0.15) is 4.31 Å². The minimum atomic E-state index is -3.55. The summed E-state index contributed by atoms with van der Waals surface area (Å²) in [6.07, 6.45) is 3.08. The van der Waals surface area contributed by atoms with Gasteiger partial charge in [-0.1, -0.05) is 11.3 Å². The van der Waals surface area contributed by atoms with Crippen LogP contribution in [0.5, 0.6) is 0 Å². The predicted octanol–water partition coefficient (Wildman–Crippen LogP) is 0.602. The Hall–Kier alpha value is -0.700. The molecule has 2 aliphatic heterocycles. The Morgan fingerprint density at radius 2 is 1.95 bits per heavy atom. The molecule has 1 aromatic heterocycles. The Kier molecular flexibility index (Phi) is 3.52.